The number of nitro benzene ring substituents is 1. The highest BCUT2D eigenvalue weighted by atomic mass is 32.2. The van der Waals surface area contributed by atoms with E-state index in [0.29, 0.717) is 11.3 Å². The molecule has 3 rings (SSSR count). The molecule has 2 aromatic carbocycles. The molecule has 0 unspecified atom stereocenters. The van der Waals surface area contributed by atoms with Gasteiger partial charge in [0.25, 0.3) is 15.7 Å². The second kappa shape index (κ2) is 9.66. The summed E-state index contributed by atoms with van der Waals surface area (Å²) in [5.74, 6) is -0.201. The van der Waals surface area contributed by atoms with Crippen LogP contribution in [0.3, 0.4) is 0 Å². The Labute approximate surface area is 183 Å². The largest absolute Gasteiger partial charge is 0.481 e. The van der Waals surface area contributed by atoms with Gasteiger partial charge in [-0.3, -0.25) is 19.6 Å². The van der Waals surface area contributed by atoms with Gasteiger partial charge in [0.1, 0.15) is 12.1 Å². The number of carbonyl (C=O) groups is 1. The molecular weight excluding hydrogens is 438 g/mol. The van der Waals surface area contributed by atoms with E-state index in [1.165, 1.54) is 80.2 Å². The number of aromatic nitrogens is 2. The fourth-order valence-corrected chi connectivity index (χ4v) is 3.48. The molecule has 0 atom stereocenters. The summed E-state index contributed by atoms with van der Waals surface area (Å²) in [4.78, 5) is 29.8. The van der Waals surface area contributed by atoms with Crippen molar-refractivity contribution in [2.24, 2.45) is 0 Å². The van der Waals surface area contributed by atoms with Crippen molar-refractivity contribution in [3.63, 3.8) is 0 Å². The fourth-order valence-electron chi connectivity index (χ4n) is 2.48. The minimum absolute atomic E-state index is 0.0329. The van der Waals surface area contributed by atoms with Crippen molar-refractivity contribution in [3.8, 4) is 5.88 Å². The Bertz CT molecular complexity index is 1260. The van der Waals surface area contributed by atoms with Crippen molar-refractivity contribution in [2.45, 2.75) is 4.90 Å². The first kappa shape index (κ1) is 22.4. The molecule has 0 saturated carbocycles. The van der Waals surface area contributed by atoms with Gasteiger partial charge in [-0.2, -0.15) is 0 Å². The van der Waals surface area contributed by atoms with E-state index in [4.69, 9.17) is 4.74 Å². The number of non-ortho nitro benzene ring substituents is 1. The van der Waals surface area contributed by atoms with Crippen LogP contribution in [0.25, 0.3) is 6.08 Å². The maximum absolute atomic E-state index is 12.5. The first-order chi connectivity index (χ1) is 15.3. The van der Waals surface area contributed by atoms with Crippen LogP contribution in [0, 0.1) is 10.1 Å². The molecule has 1 heterocycles. The number of carbonyl (C=O) groups excluding carboxylic acids is 1. The number of rotatable bonds is 8. The van der Waals surface area contributed by atoms with E-state index in [2.05, 4.69) is 20.0 Å². The molecule has 0 aliphatic rings. The topological polar surface area (TPSA) is 153 Å². The molecule has 32 heavy (non-hydrogen) atoms. The third kappa shape index (κ3) is 5.86. The number of nitro groups is 1. The van der Waals surface area contributed by atoms with E-state index in [-0.39, 0.29) is 22.3 Å². The lowest BCUT2D eigenvalue weighted by Gasteiger charge is -2.09. The summed E-state index contributed by atoms with van der Waals surface area (Å²) in [7, 11) is -2.51. The monoisotopic (exact) mass is 455 g/mol. The van der Waals surface area contributed by atoms with Crippen LogP contribution in [0.1, 0.15) is 5.56 Å². The van der Waals surface area contributed by atoms with Gasteiger partial charge in [-0.25, -0.2) is 18.4 Å². The lowest BCUT2D eigenvalue weighted by molar-refractivity contribution is -0.384. The maximum Gasteiger partial charge on any atom is 0.269 e. The Hall–Kier alpha value is -4.32. The number of nitrogens with zero attached hydrogens (tertiary/aromatic N) is 3. The molecule has 0 fully saturated rings. The third-order valence-electron chi connectivity index (χ3n) is 4.05. The minimum Gasteiger partial charge on any atom is -0.481 e. The number of anilines is 2. The molecule has 1 amide bonds. The number of methoxy groups -OCH3 is 1. The van der Waals surface area contributed by atoms with Crippen LogP contribution in [0.2, 0.25) is 0 Å². The summed E-state index contributed by atoms with van der Waals surface area (Å²) < 4.78 is 32.3. The minimum atomic E-state index is -3.91. The zero-order valence-electron chi connectivity index (χ0n) is 16.6. The summed E-state index contributed by atoms with van der Waals surface area (Å²) >= 11 is 0. The van der Waals surface area contributed by atoms with E-state index in [1.54, 1.807) is 0 Å². The van der Waals surface area contributed by atoms with Gasteiger partial charge < -0.3 is 10.1 Å². The van der Waals surface area contributed by atoms with Crippen molar-refractivity contribution in [1.82, 2.24) is 9.97 Å². The smallest absolute Gasteiger partial charge is 0.269 e. The summed E-state index contributed by atoms with van der Waals surface area (Å²) in [5, 5.41) is 13.3. The Morgan fingerprint density at radius 1 is 1.09 bits per heavy atom. The molecule has 3 aromatic rings. The average Bonchev–Trinajstić information content (AvgIpc) is 2.78. The Morgan fingerprint density at radius 2 is 1.78 bits per heavy atom. The predicted molar refractivity (Wildman–Crippen MR) is 117 cm³/mol. The molecule has 0 radical (unpaired) electrons. The van der Waals surface area contributed by atoms with Gasteiger partial charge in [0.05, 0.1) is 16.9 Å². The Balaban J connectivity index is 1.63. The summed E-state index contributed by atoms with van der Waals surface area (Å²) in [6.45, 7) is 0. The van der Waals surface area contributed by atoms with E-state index >= 15 is 0 Å². The van der Waals surface area contributed by atoms with Crippen LogP contribution in [-0.4, -0.2) is 36.3 Å². The van der Waals surface area contributed by atoms with Gasteiger partial charge >= 0.3 is 0 Å². The number of nitrogens with one attached hydrogen (secondary N) is 2. The average molecular weight is 455 g/mol. The predicted octanol–water partition coefficient (Wildman–Crippen LogP) is 2.85. The van der Waals surface area contributed by atoms with Crippen LogP contribution in [-0.2, 0) is 14.8 Å². The third-order valence-corrected chi connectivity index (χ3v) is 5.42. The van der Waals surface area contributed by atoms with Gasteiger partial charge in [-0.1, -0.05) is 0 Å². The van der Waals surface area contributed by atoms with Crippen molar-refractivity contribution in [1.29, 1.82) is 0 Å². The highest BCUT2D eigenvalue weighted by Crippen LogP contribution is 2.19. The normalized spacial score (nSPS) is 11.2. The van der Waals surface area contributed by atoms with Crippen molar-refractivity contribution < 1.29 is 22.9 Å². The molecule has 0 saturated heterocycles. The molecule has 0 aliphatic heterocycles. The van der Waals surface area contributed by atoms with Gasteiger partial charge in [-0.15, -0.1) is 0 Å². The fraction of sp³-hybridized carbons (Fsp3) is 0.0500. The van der Waals surface area contributed by atoms with Crippen molar-refractivity contribution in [2.75, 3.05) is 17.1 Å². The lowest BCUT2D eigenvalue weighted by Crippen LogP contribution is -2.14. The van der Waals surface area contributed by atoms with Crippen LogP contribution < -0.4 is 14.8 Å². The molecule has 1 aromatic heterocycles. The standard InChI is InChI=1S/C20H17N5O6S/c1-31-20-12-18(21-13-22-20)24-32(29,30)17-9-5-15(6-10-17)23-19(26)11-4-14-2-7-16(8-3-14)25(27)28/h2-13H,1H3,(H,23,26)(H,21,22,24)/b11-4+. The highest BCUT2D eigenvalue weighted by Gasteiger charge is 2.15. The van der Waals surface area contributed by atoms with E-state index in [9.17, 15) is 23.3 Å². The number of hydrogen-bond donors (Lipinski definition) is 2. The first-order valence-electron chi connectivity index (χ1n) is 8.99. The van der Waals surface area contributed by atoms with Gasteiger partial charge in [0.15, 0.2) is 0 Å². The second-order valence-electron chi connectivity index (χ2n) is 6.25. The number of hydrogen-bond acceptors (Lipinski definition) is 8. The molecule has 12 heteroatoms. The zero-order chi connectivity index (χ0) is 23.1. The molecule has 11 nitrogen and oxygen atoms in total. The van der Waals surface area contributed by atoms with Crippen LogP contribution in [0.15, 0.2) is 71.9 Å². The SMILES string of the molecule is COc1cc(NS(=O)(=O)c2ccc(NC(=O)/C=C/c3ccc([N+](=O)[O-])cc3)cc2)ncn1. The van der Waals surface area contributed by atoms with Crippen LogP contribution in [0.4, 0.5) is 17.2 Å². The van der Waals surface area contributed by atoms with E-state index < -0.39 is 20.9 Å². The maximum atomic E-state index is 12.5. The molecule has 164 valence electrons. The molecule has 0 aliphatic carbocycles. The molecule has 0 spiro atoms. The summed E-state index contributed by atoms with van der Waals surface area (Å²) in [6, 6.07) is 12.6. The molecule has 2 N–H and O–H groups in total. The lowest BCUT2D eigenvalue weighted by atomic mass is 10.2. The quantitative estimate of drug-likeness (QED) is 0.299. The summed E-state index contributed by atoms with van der Waals surface area (Å²) in [5.41, 5.74) is 0.945. The van der Waals surface area contributed by atoms with Crippen molar-refractivity contribution >= 4 is 39.2 Å². The highest BCUT2D eigenvalue weighted by molar-refractivity contribution is 7.92. The summed E-state index contributed by atoms with van der Waals surface area (Å²) in [6.07, 6.45) is 3.92. The van der Waals surface area contributed by atoms with Crippen LogP contribution in [0.5, 0.6) is 5.88 Å². The Morgan fingerprint density at radius 3 is 2.41 bits per heavy atom. The van der Waals surface area contributed by atoms with Crippen molar-refractivity contribution in [3.05, 3.63) is 82.7 Å². The van der Waals surface area contributed by atoms with Gasteiger partial charge in [0, 0.05) is 30.0 Å². The molecule has 0 bridgehead atoms. The number of sulfonamides is 1. The first-order valence-corrected chi connectivity index (χ1v) is 10.5. The van der Waals surface area contributed by atoms with Gasteiger partial charge in [-0.05, 0) is 48.0 Å². The van der Waals surface area contributed by atoms with E-state index in [0.717, 1.165) is 0 Å². The number of benzene rings is 2. The molecular formula is C20H17N5O6S. The zero-order valence-corrected chi connectivity index (χ0v) is 17.4. The van der Waals surface area contributed by atoms with E-state index in [1.807, 2.05) is 0 Å². The number of amides is 1. The number of ether oxygens (including phenoxy) is 1. The van der Waals surface area contributed by atoms with Gasteiger partial charge in [0.2, 0.25) is 11.8 Å². The van der Waals surface area contributed by atoms with Crippen LogP contribution >= 0.6 is 0 Å². The Kier molecular flexibility index (Phi) is 6.75. The second-order valence-corrected chi connectivity index (χ2v) is 7.93.